The number of halogens is 2. The fourth-order valence-corrected chi connectivity index (χ4v) is 3.20. The maximum Gasteiger partial charge on any atom is 0.222 e. The molecule has 1 aliphatic carbocycles. The normalized spacial score (nSPS) is 18.5. The van der Waals surface area contributed by atoms with Gasteiger partial charge in [0, 0.05) is 22.2 Å². The summed E-state index contributed by atoms with van der Waals surface area (Å²) in [5, 5.41) is 23.7. The Morgan fingerprint density at radius 1 is 1.33 bits per heavy atom. The average molecular weight is 332 g/mol. The smallest absolute Gasteiger partial charge is 0.222 e. The first-order chi connectivity index (χ1) is 9.89. The molecule has 1 fully saturated rings. The van der Waals surface area contributed by atoms with Crippen LogP contribution in [0.2, 0.25) is 10.0 Å². The highest BCUT2D eigenvalue weighted by atomic mass is 35.5. The third kappa shape index (κ3) is 4.58. The summed E-state index contributed by atoms with van der Waals surface area (Å²) in [5.41, 5.74) is -0.367. The Balaban J connectivity index is 1.85. The SMILES string of the molecule is O=C(CC1(O)CCCC1)NCC(O)c1ccc(Cl)cc1Cl. The third-order valence-corrected chi connectivity index (χ3v) is 4.40. The lowest BCUT2D eigenvalue weighted by molar-refractivity contribution is -0.126. The Labute approximate surface area is 134 Å². The zero-order valence-electron chi connectivity index (χ0n) is 11.6. The monoisotopic (exact) mass is 331 g/mol. The van der Waals surface area contributed by atoms with Gasteiger partial charge in [0.05, 0.1) is 18.1 Å². The van der Waals surface area contributed by atoms with Gasteiger partial charge in [-0.2, -0.15) is 0 Å². The average Bonchev–Trinajstić information content (AvgIpc) is 2.82. The first-order valence-electron chi connectivity index (χ1n) is 7.02. The number of rotatable bonds is 5. The molecule has 0 bridgehead atoms. The zero-order valence-corrected chi connectivity index (χ0v) is 13.1. The number of aliphatic hydroxyl groups excluding tert-OH is 1. The number of carbonyl (C=O) groups excluding carboxylic acids is 1. The highest BCUT2D eigenvalue weighted by molar-refractivity contribution is 6.35. The fourth-order valence-electron chi connectivity index (χ4n) is 2.66. The fraction of sp³-hybridized carbons (Fsp3) is 0.533. The molecule has 3 N–H and O–H groups in total. The summed E-state index contributed by atoms with van der Waals surface area (Å²) in [7, 11) is 0. The molecule has 0 spiro atoms. The first kappa shape index (κ1) is 16.6. The molecule has 1 aliphatic rings. The Hall–Kier alpha value is -0.810. The molecule has 1 saturated carbocycles. The maximum absolute atomic E-state index is 11.8. The number of hydrogen-bond donors (Lipinski definition) is 3. The van der Waals surface area contributed by atoms with Crippen LogP contribution in [0.25, 0.3) is 0 Å². The number of carbonyl (C=O) groups is 1. The second-order valence-corrected chi connectivity index (χ2v) is 6.44. The molecule has 0 heterocycles. The van der Waals surface area contributed by atoms with Crippen molar-refractivity contribution >= 4 is 29.1 Å². The Morgan fingerprint density at radius 3 is 2.62 bits per heavy atom. The highest BCUT2D eigenvalue weighted by Gasteiger charge is 2.33. The van der Waals surface area contributed by atoms with Crippen molar-refractivity contribution in [3.05, 3.63) is 33.8 Å². The molecule has 1 aromatic rings. The number of hydrogen-bond acceptors (Lipinski definition) is 3. The molecule has 1 unspecified atom stereocenters. The van der Waals surface area contributed by atoms with Crippen molar-refractivity contribution in [1.82, 2.24) is 5.32 Å². The minimum atomic E-state index is -0.906. The van der Waals surface area contributed by atoms with Crippen LogP contribution in [0.4, 0.5) is 0 Å². The van der Waals surface area contributed by atoms with Gasteiger partial charge in [-0.05, 0) is 25.0 Å². The molecule has 1 aromatic carbocycles. The Morgan fingerprint density at radius 2 is 2.00 bits per heavy atom. The van der Waals surface area contributed by atoms with Crippen molar-refractivity contribution in [2.24, 2.45) is 0 Å². The number of amides is 1. The minimum Gasteiger partial charge on any atom is -0.389 e. The lowest BCUT2D eigenvalue weighted by Gasteiger charge is -2.22. The Bertz CT molecular complexity index is 516. The number of aliphatic hydroxyl groups is 2. The van der Waals surface area contributed by atoms with Crippen LogP contribution in [0.1, 0.15) is 43.8 Å². The van der Waals surface area contributed by atoms with E-state index in [1.165, 1.54) is 0 Å². The molecule has 0 saturated heterocycles. The molecule has 4 nitrogen and oxygen atoms in total. The van der Waals surface area contributed by atoms with Crippen molar-refractivity contribution in [2.45, 2.75) is 43.8 Å². The summed E-state index contributed by atoms with van der Waals surface area (Å²) < 4.78 is 0. The largest absolute Gasteiger partial charge is 0.389 e. The van der Waals surface area contributed by atoms with Crippen molar-refractivity contribution in [3.63, 3.8) is 0 Å². The van der Waals surface area contributed by atoms with Crippen LogP contribution < -0.4 is 5.32 Å². The number of benzene rings is 1. The number of nitrogens with one attached hydrogen (secondary N) is 1. The van der Waals surface area contributed by atoms with Gasteiger partial charge in [-0.1, -0.05) is 42.1 Å². The predicted octanol–water partition coefficient (Wildman–Crippen LogP) is 2.84. The van der Waals surface area contributed by atoms with Crippen molar-refractivity contribution in [2.75, 3.05) is 6.54 Å². The van der Waals surface area contributed by atoms with Gasteiger partial charge in [0.2, 0.25) is 5.91 Å². The van der Waals surface area contributed by atoms with E-state index < -0.39 is 11.7 Å². The van der Waals surface area contributed by atoms with Crippen molar-refractivity contribution < 1.29 is 15.0 Å². The van der Waals surface area contributed by atoms with Gasteiger partial charge in [-0.25, -0.2) is 0 Å². The van der Waals surface area contributed by atoms with Gasteiger partial charge < -0.3 is 15.5 Å². The van der Waals surface area contributed by atoms with E-state index in [-0.39, 0.29) is 18.9 Å². The molecule has 0 radical (unpaired) electrons. The van der Waals surface area contributed by atoms with Gasteiger partial charge in [-0.15, -0.1) is 0 Å². The molecule has 1 amide bonds. The summed E-state index contributed by atoms with van der Waals surface area (Å²) in [5.74, 6) is -0.261. The lowest BCUT2D eigenvalue weighted by Crippen LogP contribution is -2.36. The first-order valence-corrected chi connectivity index (χ1v) is 7.77. The molecule has 1 atom stereocenters. The van der Waals surface area contributed by atoms with Gasteiger partial charge in [-0.3, -0.25) is 4.79 Å². The molecular weight excluding hydrogens is 313 g/mol. The molecule has 2 rings (SSSR count). The van der Waals surface area contributed by atoms with Crippen molar-refractivity contribution in [3.8, 4) is 0 Å². The quantitative estimate of drug-likeness (QED) is 0.777. The van der Waals surface area contributed by atoms with Gasteiger partial charge in [0.1, 0.15) is 0 Å². The zero-order chi connectivity index (χ0) is 15.5. The van der Waals surface area contributed by atoms with Crippen molar-refractivity contribution in [1.29, 1.82) is 0 Å². The summed E-state index contributed by atoms with van der Waals surface area (Å²) in [6.07, 6.45) is 2.39. The van der Waals surface area contributed by atoms with E-state index in [0.29, 0.717) is 28.5 Å². The predicted molar refractivity (Wildman–Crippen MR) is 82.5 cm³/mol. The van der Waals surface area contributed by atoms with E-state index in [4.69, 9.17) is 23.2 Å². The summed E-state index contributed by atoms with van der Waals surface area (Å²) >= 11 is 11.8. The van der Waals surface area contributed by atoms with Gasteiger partial charge >= 0.3 is 0 Å². The van der Waals surface area contributed by atoms with Gasteiger partial charge in [0.25, 0.3) is 0 Å². The van der Waals surface area contributed by atoms with Crippen LogP contribution in [0.3, 0.4) is 0 Å². The lowest BCUT2D eigenvalue weighted by atomic mass is 9.97. The van der Waals surface area contributed by atoms with Crippen LogP contribution in [0, 0.1) is 0 Å². The second kappa shape index (κ2) is 6.97. The van der Waals surface area contributed by atoms with Crippen LogP contribution >= 0.6 is 23.2 Å². The van der Waals surface area contributed by atoms with E-state index in [2.05, 4.69) is 5.32 Å². The van der Waals surface area contributed by atoms with Crippen LogP contribution in [0.5, 0.6) is 0 Å². The van der Waals surface area contributed by atoms with Gasteiger partial charge in [0.15, 0.2) is 0 Å². The van der Waals surface area contributed by atoms with Crippen LogP contribution in [0.15, 0.2) is 18.2 Å². The van der Waals surface area contributed by atoms with Crippen LogP contribution in [-0.2, 0) is 4.79 Å². The van der Waals surface area contributed by atoms with E-state index >= 15 is 0 Å². The Kier molecular flexibility index (Phi) is 5.49. The van der Waals surface area contributed by atoms with Crippen LogP contribution in [-0.4, -0.2) is 28.3 Å². The highest BCUT2D eigenvalue weighted by Crippen LogP contribution is 2.32. The topological polar surface area (TPSA) is 69.6 Å². The minimum absolute atomic E-state index is 0.0519. The standard InChI is InChI=1S/C15H19Cl2NO3/c16-10-3-4-11(12(17)7-10)13(19)9-18-14(20)8-15(21)5-1-2-6-15/h3-4,7,13,19,21H,1-2,5-6,8-9H2,(H,18,20). The maximum atomic E-state index is 11.8. The molecule has 0 aromatic heterocycles. The molecule has 21 heavy (non-hydrogen) atoms. The molecule has 6 heteroatoms. The van der Waals surface area contributed by atoms with E-state index in [9.17, 15) is 15.0 Å². The summed E-state index contributed by atoms with van der Waals surface area (Å²) in [6, 6.07) is 4.81. The third-order valence-electron chi connectivity index (χ3n) is 3.84. The summed E-state index contributed by atoms with van der Waals surface area (Å²) in [4.78, 5) is 11.8. The van der Waals surface area contributed by atoms with E-state index in [1.807, 2.05) is 0 Å². The summed E-state index contributed by atoms with van der Waals surface area (Å²) in [6.45, 7) is 0.0519. The molecular formula is C15H19Cl2NO3. The van der Waals surface area contributed by atoms with E-state index in [0.717, 1.165) is 12.8 Å². The second-order valence-electron chi connectivity index (χ2n) is 5.59. The van der Waals surface area contributed by atoms with E-state index in [1.54, 1.807) is 18.2 Å². The molecule has 0 aliphatic heterocycles. The molecule has 116 valence electrons.